The van der Waals surface area contributed by atoms with Crippen molar-refractivity contribution in [3.05, 3.63) is 11.6 Å². The van der Waals surface area contributed by atoms with Crippen molar-refractivity contribution in [2.75, 3.05) is 0 Å². The van der Waals surface area contributed by atoms with Crippen LogP contribution < -0.4 is 0 Å². The van der Waals surface area contributed by atoms with Gasteiger partial charge in [0.2, 0.25) is 0 Å². The summed E-state index contributed by atoms with van der Waals surface area (Å²) >= 11 is 0. The van der Waals surface area contributed by atoms with Crippen LogP contribution in [0.1, 0.15) is 40.0 Å². The maximum Gasteiger partial charge on any atom is 0.0541 e. The first-order valence-electron chi connectivity index (χ1n) is 5.65. The normalized spacial score (nSPS) is 56.4. The van der Waals surface area contributed by atoms with Crippen molar-refractivity contribution in [2.24, 2.45) is 11.8 Å². The van der Waals surface area contributed by atoms with Crippen molar-refractivity contribution in [1.82, 2.24) is 5.06 Å². The minimum absolute atomic E-state index is 0.0214. The molecule has 4 atom stereocenters. The van der Waals surface area contributed by atoms with E-state index in [1.54, 1.807) is 10.6 Å². The van der Waals surface area contributed by atoms with E-state index in [-0.39, 0.29) is 11.1 Å². The van der Waals surface area contributed by atoms with Gasteiger partial charge in [0, 0.05) is 11.5 Å². The molecule has 1 aliphatic heterocycles. The lowest BCUT2D eigenvalue weighted by Gasteiger charge is -2.50. The number of nitrogens with zero attached hydrogens (tertiary/aromatic N) is 1. The number of hydroxylamine groups is 2. The third kappa shape index (κ3) is 0.801. The summed E-state index contributed by atoms with van der Waals surface area (Å²) in [6, 6.07) is 0. The topological polar surface area (TPSA) is 23.5 Å². The number of fused-ring (bicyclic) bond motifs is 1. The largest absolute Gasteiger partial charge is 0.313 e. The van der Waals surface area contributed by atoms with E-state index in [0.29, 0.717) is 11.8 Å². The molecular formula is C12H19NO. The van der Waals surface area contributed by atoms with Crippen molar-refractivity contribution in [1.29, 1.82) is 0 Å². The Bertz CT molecular complexity index is 324. The number of hydrogen-bond acceptors (Lipinski definition) is 2. The Morgan fingerprint density at radius 1 is 1.43 bits per heavy atom. The summed E-state index contributed by atoms with van der Waals surface area (Å²) in [5.74, 6) is 1.25. The molecular weight excluding hydrogens is 174 g/mol. The van der Waals surface area contributed by atoms with Crippen LogP contribution >= 0.6 is 0 Å². The van der Waals surface area contributed by atoms with Gasteiger partial charge in [0.25, 0.3) is 0 Å². The Hall–Kier alpha value is -0.340. The molecule has 0 aromatic heterocycles. The van der Waals surface area contributed by atoms with Gasteiger partial charge in [-0.25, -0.2) is 0 Å². The van der Waals surface area contributed by atoms with Gasteiger partial charge in [-0.05, 0) is 39.0 Å². The molecule has 2 nitrogen and oxygen atoms in total. The fraction of sp³-hybridized carbons (Fsp3) is 0.833. The zero-order valence-electron chi connectivity index (χ0n) is 9.25. The van der Waals surface area contributed by atoms with E-state index in [1.165, 1.54) is 0 Å². The summed E-state index contributed by atoms with van der Waals surface area (Å²) in [5, 5.41) is 12.0. The molecule has 3 aliphatic rings. The lowest BCUT2D eigenvalue weighted by Crippen LogP contribution is -2.56. The molecule has 0 aromatic rings. The van der Waals surface area contributed by atoms with Crippen LogP contribution in [0.2, 0.25) is 0 Å². The van der Waals surface area contributed by atoms with Crippen molar-refractivity contribution < 1.29 is 5.21 Å². The van der Waals surface area contributed by atoms with Gasteiger partial charge in [0.15, 0.2) is 0 Å². The maximum atomic E-state index is 10.3. The zero-order chi connectivity index (χ0) is 10.1. The predicted molar refractivity (Wildman–Crippen MR) is 55.0 cm³/mol. The molecule has 1 saturated heterocycles. The molecule has 1 saturated carbocycles. The average Bonchev–Trinajstić information content (AvgIpc) is 2.22. The first-order valence-corrected chi connectivity index (χ1v) is 5.65. The van der Waals surface area contributed by atoms with Gasteiger partial charge in [-0.1, -0.05) is 18.6 Å². The molecule has 0 amide bonds. The minimum atomic E-state index is 0.0214. The Balaban J connectivity index is 2.09. The quantitative estimate of drug-likeness (QED) is 0.598. The van der Waals surface area contributed by atoms with Gasteiger partial charge >= 0.3 is 0 Å². The van der Waals surface area contributed by atoms with Crippen LogP contribution in [0.25, 0.3) is 0 Å². The van der Waals surface area contributed by atoms with E-state index >= 15 is 0 Å². The molecule has 3 rings (SSSR count). The first-order chi connectivity index (χ1) is 6.46. The van der Waals surface area contributed by atoms with Gasteiger partial charge < -0.3 is 5.21 Å². The molecule has 2 heteroatoms. The zero-order valence-corrected chi connectivity index (χ0v) is 9.25. The van der Waals surface area contributed by atoms with Crippen LogP contribution in [-0.4, -0.2) is 21.3 Å². The molecule has 0 radical (unpaired) electrons. The average molecular weight is 193 g/mol. The van der Waals surface area contributed by atoms with Crippen molar-refractivity contribution in [2.45, 2.75) is 51.1 Å². The second kappa shape index (κ2) is 2.25. The first kappa shape index (κ1) is 8.93. The molecule has 1 heterocycles. The van der Waals surface area contributed by atoms with Gasteiger partial charge in [-0.3, -0.25) is 0 Å². The molecule has 2 aliphatic carbocycles. The third-order valence-electron chi connectivity index (χ3n) is 4.66. The van der Waals surface area contributed by atoms with Crippen molar-refractivity contribution in [3.63, 3.8) is 0 Å². The number of rotatable bonds is 0. The molecule has 0 aromatic carbocycles. The summed E-state index contributed by atoms with van der Waals surface area (Å²) in [6.45, 7) is 6.68. The summed E-state index contributed by atoms with van der Waals surface area (Å²) < 4.78 is 0. The van der Waals surface area contributed by atoms with E-state index in [0.717, 1.165) is 19.3 Å². The highest BCUT2D eigenvalue weighted by molar-refractivity contribution is 5.35. The fourth-order valence-electron chi connectivity index (χ4n) is 4.11. The Labute approximate surface area is 85.6 Å². The summed E-state index contributed by atoms with van der Waals surface area (Å²) in [5.41, 5.74) is 1.68. The molecule has 1 N–H and O–H groups in total. The van der Waals surface area contributed by atoms with Crippen molar-refractivity contribution >= 4 is 0 Å². The lowest BCUT2D eigenvalue weighted by molar-refractivity contribution is -0.219. The summed E-state index contributed by atoms with van der Waals surface area (Å²) in [7, 11) is 0. The van der Waals surface area contributed by atoms with Crippen LogP contribution in [0.15, 0.2) is 11.6 Å². The Morgan fingerprint density at radius 3 is 2.86 bits per heavy atom. The predicted octanol–water partition coefficient (Wildman–Crippen LogP) is 2.58. The fourth-order valence-corrected chi connectivity index (χ4v) is 4.11. The van der Waals surface area contributed by atoms with Crippen LogP contribution in [-0.2, 0) is 0 Å². The van der Waals surface area contributed by atoms with Gasteiger partial charge in [-0.15, -0.1) is 0 Å². The van der Waals surface area contributed by atoms with Crippen molar-refractivity contribution in [3.8, 4) is 0 Å². The van der Waals surface area contributed by atoms with E-state index in [2.05, 4.69) is 26.8 Å². The summed E-state index contributed by atoms with van der Waals surface area (Å²) in [4.78, 5) is 0. The van der Waals surface area contributed by atoms with Crippen LogP contribution in [0.5, 0.6) is 0 Å². The molecule has 14 heavy (non-hydrogen) atoms. The smallest absolute Gasteiger partial charge is 0.0541 e. The highest BCUT2D eigenvalue weighted by atomic mass is 16.5. The van der Waals surface area contributed by atoms with Gasteiger partial charge in [0.1, 0.15) is 0 Å². The SMILES string of the molecule is CC1C=C2CC3(C)C2CC(C)(C1)N3O. The van der Waals surface area contributed by atoms with Gasteiger partial charge in [0.05, 0.1) is 5.54 Å². The van der Waals surface area contributed by atoms with E-state index < -0.39 is 0 Å². The maximum absolute atomic E-state index is 10.3. The van der Waals surface area contributed by atoms with Crippen LogP contribution in [0.4, 0.5) is 0 Å². The number of allylic oxidation sites excluding steroid dienone is 1. The van der Waals surface area contributed by atoms with E-state index in [1.807, 2.05) is 0 Å². The van der Waals surface area contributed by atoms with Crippen LogP contribution in [0.3, 0.4) is 0 Å². The molecule has 0 spiro atoms. The van der Waals surface area contributed by atoms with Crippen LogP contribution in [0, 0.1) is 11.8 Å². The minimum Gasteiger partial charge on any atom is -0.313 e. The van der Waals surface area contributed by atoms with E-state index in [9.17, 15) is 5.21 Å². The molecule has 78 valence electrons. The molecule has 4 unspecified atom stereocenters. The van der Waals surface area contributed by atoms with Gasteiger partial charge in [-0.2, -0.15) is 5.06 Å². The number of hydrogen-bond donors (Lipinski definition) is 1. The van der Waals surface area contributed by atoms with E-state index in [4.69, 9.17) is 0 Å². The Kier molecular flexibility index (Phi) is 1.43. The summed E-state index contributed by atoms with van der Waals surface area (Å²) in [6.07, 6.45) is 5.77. The highest BCUT2D eigenvalue weighted by Crippen LogP contribution is 2.61. The monoisotopic (exact) mass is 193 g/mol. The lowest BCUT2D eigenvalue weighted by atomic mass is 9.64. The standard InChI is InChI=1S/C12H19NO/c1-8-4-9-6-12(3)10(9)7-11(2,5-8)13(12)14/h4,8,10,14H,5-7H2,1-3H3. The molecule has 2 fully saturated rings. The Morgan fingerprint density at radius 2 is 2.14 bits per heavy atom. The highest BCUT2D eigenvalue weighted by Gasteiger charge is 2.63. The molecule has 2 bridgehead atoms. The second-order valence-electron chi connectivity index (χ2n) is 6.02. The third-order valence-corrected chi connectivity index (χ3v) is 4.66. The second-order valence-corrected chi connectivity index (χ2v) is 6.02.